The van der Waals surface area contributed by atoms with Crippen LogP contribution in [0.25, 0.3) is 0 Å². The van der Waals surface area contributed by atoms with Gasteiger partial charge in [0.25, 0.3) is 0 Å². The van der Waals surface area contributed by atoms with Crippen LogP contribution in [-0.2, 0) is 6.42 Å². The number of rotatable bonds is 4. The summed E-state index contributed by atoms with van der Waals surface area (Å²) in [5.74, 6) is -0.210. The Morgan fingerprint density at radius 2 is 2.05 bits per heavy atom. The number of hydrogen-bond donors (Lipinski definition) is 1. The molecule has 2 rings (SSSR count). The van der Waals surface area contributed by atoms with E-state index < -0.39 is 0 Å². The zero-order valence-corrected chi connectivity index (χ0v) is 11.6. The summed E-state index contributed by atoms with van der Waals surface area (Å²) < 4.78 is 15.9. The summed E-state index contributed by atoms with van der Waals surface area (Å²) in [5.41, 5.74) is 8.16. The molecule has 0 aliphatic carbocycles. The van der Waals surface area contributed by atoms with Gasteiger partial charge in [0.1, 0.15) is 5.82 Å². The summed E-state index contributed by atoms with van der Waals surface area (Å²) in [7, 11) is 0. The van der Waals surface area contributed by atoms with Gasteiger partial charge in [-0.2, -0.15) is 5.10 Å². The molecule has 0 saturated carbocycles. The third-order valence-corrected chi connectivity index (χ3v) is 3.24. The molecule has 4 heteroatoms. The maximum atomic E-state index is 14.0. The van der Waals surface area contributed by atoms with Crippen molar-refractivity contribution in [1.29, 1.82) is 0 Å². The van der Waals surface area contributed by atoms with E-state index in [-0.39, 0.29) is 11.9 Å². The van der Waals surface area contributed by atoms with E-state index in [0.29, 0.717) is 23.6 Å². The fourth-order valence-electron chi connectivity index (χ4n) is 2.07. The maximum absolute atomic E-state index is 14.0. The van der Waals surface area contributed by atoms with E-state index >= 15 is 0 Å². The number of hydrogen-bond acceptors (Lipinski definition) is 2. The third-order valence-electron chi connectivity index (χ3n) is 3.24. The number of benzene rings is 1. The van der Waals surface area contributed by atoms with E-state index in [0.717, 1.165) is 5.69 Å². The lowest BCUT2D eigenvalue weighted by atomic mass is 10.0. The van der Waals surface area contributed by atoms with E-state index in [2.05, 4.69) is 18.9 Å². The van der Waals surface area contributed by atoms with Gasteiger partial charge in [-0.3, -0.25) is 4.68 Å². The second-order valence-corrected chi connectivity index (χ2v) is 5.17. The van der Waals surface area contributed by atoms with Crippen molar-refractivity contribution in [3.05, 3.63) is 53.1 Å². The highest BCUT2D eigenvalue weighted by molar-refractivity contribution is 5.28. The largest absolute Gasteiger partial charge is 0.324 e. The highest BCUT2D eigenvalue weighted by atomic mass is 19.1. The summed E-state index contributed by atoms with van der Waals surface area (Å²) in [6.45, 7) is 5.88. The molecular weight excluding hydrogens is 241 g/mol. The summed E-state index contributed by atoms with van der Waals surface area (Å²) >= 11 is 0. The molecule has 102 valence electrons. The van der Waals surface area contributed by atoms with Crippen LogP contribution >= 0.6 is 0 Å². The lowest BCUT2D eigenvalue weighted by Crippen LogP contribution is -2.16. The van der Waals surface area contributed by atoms with E-state index in [1.165, 1.54) is 0 Å². The van der Waals surface area contributed by atoms with Crippen molar-refractivity contribution in [3.8, 4) is 0 Å². The van der Waals surface area contributed by atoms with Crippen LogP contribution in [0.5, 0.6) is 0 Å². The maximum Gasteiger partial charge on any atom is 0.130 e. The third kappa shape index (κ3) is 3.01. The van der Waals surface area contributed by atoms with Gasteiger partial charge < -0.3 is 5.73 Å². The molecule has 1 atom stereocenters. The fraction of sp³-hybridized carbons (Fsp3) is 0.400. The average Bonchev–Trinajstić information content (AvgIpc) is 2.81. The van der Waals surface area contributed by atoms with Crippen molar-refractivity contribution >= 4 is 0 Å². The molecule has 1 aromatic heterocycles. The Kier molecular flexibility index (Phi) is 4.00. The van der Waals surface area contributed by atoms with Crippen LogP contribution in [0.3, 0.4) is 0 Å². The zero-order chi connectivity index (χ0) is 14.0. The van der Waals surface area contributed by atoms with Gasteiger partial charge in [-0.25, -0.2) is 4.39 Å². The summed E-state index contributed by atoms with van der Waals surface area (Å²) in [6.07, 6.45) is 2.47. The Hall–Kier alpha value is -1.68. The van der Waals surface area contributed by atoms with Crippen LogP contribution in [0.15, 0.2) is 30.5 Å². The standard InChI is InChI=1S/C15H20FN3/c1-10(2)19-8-7-12(18-19)9-14(17)13-6-4-5-11(3)15(13)16/h4-8,10,14H,9,17H2,1-3H3. The van der Waals surface area contributed by atoms with Gasteiger partial charge in [-0.1, -0.05) is 18.2 Å². The Morgan fingerprint density at radius 1 is 1.32 bits per heavy atom. The fourth-order valence-corrected chi connectivity index (χ4v) is 2.07. The molecule has 2 aromatic rings. The van der Waals surface area contributed by atoms with E-state index in [9.17, 15) is 4.39 Å². The summed E-state index contributed by atoms with van der Waals surface area (Å²) in [4.78, 5) is 0. The van der Waals surface area contributed by atoms with Crippen molar-refractivity contribution in [2.75, 3.05) is 0 Å². The Bertz CT molecular complexity index is 560. The first-order valence-electron chi connectivity index (χ1n) is 6.53. The van der Waals surface area contributed by atoms with Gasteiger partial charge in [0.15, 0.2) is 0 Å². The van der Waals surface area contributed by atoms with Crippen LogP contribution in [0.1, 0.15) is 42.8 Å². The molecule has 0 bridgehead atoms. The molecule has 0 amide bonds. The molecule has 0 fully saturated rings. The van der Waals surface area contributed by atoms with Crippen LogP contribution in [0, 0.1) is 12.7 Å². The first kappa shape index (κ1) is 13.7. The number of aromatic nitrogens is 2. The van der Waals surface area contributed by atoms with E-state index in [1.807, 2.05) is 23.0 Å². The molecule has 1 unspecified atom stereocenters. The van der Waals surface area contributed by atoms with Gasteiger partial charge in [0.2, 0.25) is 0 Å². The van der Waals surface area contributed by atoms with E-state index in [1.54, 1.807) is 19.1 Å². The normalized spacial score (nSPS) is 12.9. The molecule has 0 radical (unpaired) electrons. The molecule has 0 spiro atoms. The van der Waals surface area contributed by atoms with Gasteiger partial charge >= 0.3 is 0 Å². The van der Waals surface area contributed by atoms with Crippen molar-refractivity contribution in [1.82, 2.24) is 9.78 Å². The van der Waals surface area contributed by atoms with Crippen LogP contribution in [0.4, 0.5) is 4.39 Å². The van der Waals surface area contributed by atoms with Crippen LogP contribution < -0.4 is 5.73 Å². The second-order valence-electron chi connectivity index (χ2n) is 5.17. The molecule has 0 aliphatic rings. The first-order valence-corrected chi connectivity index (χ1v) is 6.53. The topological polar surface area (TPSA) is 43.8 Å². The van der Waals surface area contributed by atoms with Crippen molar-refractivity contribution in [3.63, 3.8) is 0 Å². The number of nitrogens with two attached hydrogens (primary N) is 1. The van der Waals surface area contributed by atoms with Crippen LogP contribution in [0.2, 0.25) is 0 Å². The number of aryl methyl sites for hydroxylation is 1. The Morgan fingerprint density at radius 3 is 2.68 bits per heavy atom. The smallest absolute Gasteiger partial charge is 0.130 e. The zero-order valence-electron chi connectivity index (χ0n) is 11.6. The van der Waals surface area contributed by atoms with Gasteiger partial charge in [0.05, 0.1) is 5.69 Å². The SMILES string of the molecule is Cc1cccc(C(N)Cc2ccn(C(C)C)n2)c1F. The van der Waals surface area contributed by atoms with Gasteiger partial charge in [-0.05, 0) is 32.4 Å². The lowest BCUT2D eigenvalue weighted by molar-refractivity contribution is 0.519. The van der Waals surface area contributed by atoms with Gasteiger partial charge in [-0.15, -0.1) is 0 Å². The molecule has 0 aliphatic heterocycles. The monoisotopic (exact) mass is 261 g/mol. The number of halogens is 1. The molecular formula is C15H20FN3. The Balaban J connectivity index is 2.16. The van der Waals surface area contributed by atoms with Gasteiger partial charge in [0, 0.05) is 30.3 Å². The van der Waals surface area contributed by atoms with Crippen LogP contribution in [-0.4, -0.2) is 9.78 Å². The minimum Gasteiger partial charge on any atom is -0.324 e. The molecule has 1 heterocycles. The minimum atomic E-state index is -0.365. The van der Waals surface area contributed by atoms with Crippen molar-refractivity contribution in [2.45, 2.75) is 39.3 Å². The summed E-state index contributed by atoms with van der Waals surface area (Å²) in [6, 6.07) is 7.22. The molecule has 2 N–H and O–H groups in total. The minimum absolute atomic E-state index is 0.210. The second kappa shape index (κ2) is 5.53. The Labute approximate surface area is 113 Å². The summed E-state index contributed by atoms with van der Waals surface area (Å²) in [5, 5.41) is 4.44. The molecule has 0 saturated heterocycles. The average molecular weight is 261 g/mol. The first-order chi connectivity index (χ1) is 8.99. The highest BCUT2D eigenvalue weighted by Gasteiger charge is 2.15. The molecule has 3 nitrogen and oxygen atoms in total. The van der Waals surface area contributed by atoms with Crippen molar-refractivity contribution < 1.29 is 4.39 Å². The number of nitrogens with zero attached hydrogens (tertiary/aromatic N) is 2. The predicted molar refractivity (Wildman–Crippen MR) is 74.4 cm³/mol. The predicted octanol–water partition coefficient (Wildman–Crippen LogP) is 3.15. The lowest BCUT2D eigenvalue weighted by Gasteiger charge is -2.13. The van der Waals surface area contributed by atoms with E-state index in [4.69, 9.17) is 5.73 Å². The molecule has 1 aromatic carbocycles. The quantitative estimate of drug-likeness (QED) is 0.918. The highest BCUT2D eigenvalue weighted by Crippen LogP contribution is 2.21. The molecule has 19 heavy (non-hydrogen) atoms. The van der Waals surface area contributed by atoms with Crippen molar-refractivity contribution in [2.24, 2.45) is 5.73 Å².